The van der Waals surface area contributed by atoms with Gasteiger partial charge in [0.05, 0.1) is 0 Å². The minimum atomic E-state index is -2.58. The summed E-state index contributed by atoms with van der Waals surface area (Å²) in [4.78, 5) is 3.80. The van der Waals surface area contributed by atoms with Gasteiger partial charge in [0.15, 0.2) is 0 Å². The number of nitrogens with zero attached hydrogens (tertiary/aromatic N) is 4. The van der Waals surface area contributed by atoms with Crippen molar-refractivity contribution >= 4 is 11.8 Å². The van der Waals surface area contributed by atoms with Crippen molar-refractivity contribution in [3.8, 4) is 0 Å². The van der Waals surface area contributed by atoms with E-state index >= 15 is 0 Å². The van der Waals surface area contributed by atoms with Gasteiger partial charge in [0.2, 0.25) is 5.95 Å². The maximum Gasteiger partial charge on any atom is 0.282 e. The molecule has 0 bridgehead atoms. The van der Waals surface area contributed by atoms with Crippen LogP contribution in [0.1, 0.15) is 12.1 Å². The number of nitrogens with one attached hydrogen (secondary N) is 2. The Morgan fingerprint density at radius 3 is 2.87 bits per heavy atom. The monoisotopic (exact) mass is 214 g/mol. The molecule has 2 rings (SSSR count). The SMILES string of the molecule is Cn1nc(C(F)F)cc1Nc1ncn[nH]1. The van der Waals surface area contributed by atoms with Crippen LogP contribution >= 0.6 is 0 Å². The van der Waals surface area contributed by atoms with Gasteiger partial charge in [-0.2, -0.15) is 15.2 Å². The zero-order valence-electron chi connectivity index (χ0n) is 7.78. The van der Waals surface area contributed by atoms with Crippen LogP contribution in [0, 0.1) is 0 Å². The fraction of sp³-hybridized carbons (Fsp3) is 0.286. The van der Waals surface area contributed by atoms with Crippen molar-refractivity contribution in [2.45, 2.75) is 6.43 Å². The van der Waals surface area contributed by atoms with Crippen LogP contribution in [0.5, 0.6) is 0 Å². The Morgan fingerprint density at radius 1 is 1.53 bits per heavy atom. The first-order valence-corrected chi connectivity index (χ1v) is 4.11. The van der Waals surface area contributed by atoms with E-state index in [2.05, 4.69) is 25.6 Å². The van der Waals surface area contributed by atoms with Crippen LogP contribution in [0.25, 0.3) is 0 Å². The van der Waals surface area contributed by atoms with E-state index in [-0.39, 0.29) is 5.69 Å². The maximum atomic E-state index is 12.3. The van der Waals surface area contributed by atoms with E-state index in [9.17, 15) is 8.78 Å². The van der Waals surface area contributed by atoms with E-state index in [1.807, 2.05) is 0 Å². The molecule has 0 radical (unpaired) electrons. The highest BCUT2D eigenvalue weighted by atomic mass is 19.3. The number of H-pyrrole nitrogens is 1. The average Bonchev–Trinajstić information content (AvgIpc) is 2.77. The lowest BCUT2D eigenvalue weighted by atomic mass is 10.4. The molecule has 0 unspecified atom stereocenters. The Labute approximate surface area is 83.3 Å². The highest BCUT2D eigenvalue weighted by molar-refractivity contribution is 5.48. The first kappa shape index (κ1) is 9.56. The summed E-state index contributed by atoms with van der Waals surface area (Å²) in [5, 5.41) is 12.6. The zero-order chi connectivity index (χ0) is 10.8. The summed E-state index contributed by atoms with van der Waals surface area (Å²) >= 11 is 0. The van der Waals surface area contributed by atoms with Crippen molar-refractivity contribution in [3.63, 3.8) is 0 Å². The van der Waals surface area contributed by atoms with Gasteiger partial charge >= 0.3 is 0 Å². The van der Waals surface area contributed by atoms with Crippen molar-refractivity contribution in [1.29, 1.82) is 0 Å². The number of aromatic amines is 1. The molecule has 0 aliphatic rings. The fourth-order valence-electron chi connectivity index (χ4n) is 1.10. The van der Waals surface area contributed by atoms with E-state index < -0.39 is 6.43 Å². The molecule has 0 aliphatic carbocycles. The largest absolute Gasteiger partial charge is 0.309 e. The average molecular weight is 214 g/mol. The number of halogens is 2. The van der Waals surface area contributed by atoms with Gasteiger partial charge in [-0.25, -0.2) is 13.9 Å². The van der Waals surface area contributed by atoms with Crippen LogP contribution in [-0.4, -0.2) is 25.0 Å². The molecule has 0 saturated carbocycles. The molecule has 15 heavy (non-hydrogen) atoms. The summed E-state index contributed by atoms with van der Waals surface area (Å²) in [6.07, 6.45) is -1.27. The number of aromatic nitrogens is 5. The topological polar surface area (TPSA) is 71.4 Å². The molecule has 2 N–H and O–H groups in total. The Morgan fingerprint density at radius 2 is 2.33 bits per heavy atom. The van der Waals surface area contributed by atoms with Gasteiger partial charge in [-0.3, -0.25) is 4.68 Å². The molecule has 8 heteroatoms. The molecule has 80 valence electrons. The molecule has 0 fully saturated rings. The predicted molar refractivity (Wildman–Crippen MR) is 47.8 cm³/mol. The van der Waals surface area contributed by atoms with Gasteiger partial charge in [-0.15, -0.1) is 0 Å². The highest BCUT2D eigenvalue weighted by Crippen LogP contribution is 2.21. The van der Waals surface area contributed by atoms with Gasteiger partial charge in [-0.05, 0) is 0 Å². The molecule has 2 aromatic heterocycles. The second kappa shape index (κ2) is 3.64. The number of alkyl halides is 2. The summed E-state index contributed by atoms with van der Waals surface area (Å²) < 4.78 is 25.9. The first-order valence-electron chi connectivity index (χ1n) is 4.11. The first-order chi connectivity index (χ1) is 7.16. The van der Waals surface area contributed by atoms with Crippen LogP contribution in [0.3, 0.4) is 0 Å². The van der Waals surface area contributed by atoms with Crippen LogP contribution < -0.4 is 5.32 Å². The third-order valence-electron chi connectivity index (χ3n) is 1.78. The summed E-state index contributed by atoms with van der Waals surface area (Å²) in [5.74, 6) is 0.792. The normalized spacial score (nSPS) is 10.9. The molecular weight excluding hydrogens is 206 g/mol. The highest BCUT2D eigenvalue weighted by Gasteiger charge is 2.14. The van der Waals surface area contributed by atoms with Crippen molar-refractivity contribution in [2.75, 3.05) is 5.32 Å². The predicted octanol–water partition coefficient (Wildman–Crippen LogP) is 1.22. The fourth-order valence-corrected chi connectivity index (χ4v) is 1.10. The van der Waals surface area contributed by atoms with Crippen molar-refractivity contribution < 1.29 is 8.78 Å². The smallest absolute Gasteiger partial charge is 0.282 e. The molecule has 2 aromatic rings. The molecule has 0 aliphatic heterocycles. The molecule has 0 spiro atoms. The molecule has 0 aromatic carbocycles. The van der Waals surface area contributed by atoms with Crippen LogP contribution in [0.15, 0.2) is 12.4 Å². The molecule has 0 atom stereocenters. The lowest BCUT2D eigenvalue weighted by Crippen LogP contribution is -2.00. The summed E-state index contributed by atoms with van der Waals surface area (Å²) in [7, 11) is 1.56. The number of anilines is 2. The summed E-state index contributed by atoms with van der Waals surface area (Å²) in [6.45, 7) is 0. The molecular formula is C7H8F2N6. The van der Waals surface area contributed by atoms with Crippen LogP contribution in [0.4, 0.5) is 20.5 Å². The Kier molecular flexibility index (Phi) is 2.32. The van der Waals surface area contributed by atoms with Crippen LogP contribution in [-0.2, 0) is 7.05 Å². The van der Waals surface area contributed by atoms with E-state index in [0.29, 0.717) is 11.8 Å². The van der Waals surface area contributed by atoms with Crippen molar-refractivity contribution in [1.82, 2.24) is 25.0 Å². The van der Waals surface area contributed by atoms with Crippen molar-refractivity contribution in [2.24, 2.45) is 7.05 Å². The maximum absolute atomic E-state index is 12.3. The third kappa shape index (κ3) is 1.92. The summed E-state index contributed by atoms with van der Waals surface area (Å²) in [5.41, 5.74) is -0.278. The van der Waals surface area contributed by atoms with E-state index in [4.69, 9.17) is 0 Å². The van der Waals surface area contributed by atoms with Gasteiger partial charge in [-0.1, -0.05) is 0 Å². The Bertz CT molecular complexity index is 434. The molecule has 0 saturated heterocycles. The van der Waals surface area contributed by atoms with E-state index in [1.54, 1.807) is 7.05 Å². The van der Waals surface area contributed by atoms with Gasteiger partial charge in [0.25, 0.3) is 6.43 Å². The number of aryl methyl sites for hydroxylation is 1. The number of hydrogen-bond acceptors (Lipinski definition) is 4. The van der Waals surface area contributed by atoms with Crippen LogP contribution in [0.2, 0.25) is 0 Å². The molecule has 6 nitrogen and oxygen atoms in total. The van der Waals surface area contributed by atoms with Gasteiger partial charge < -0.3 is 5.32 Å². The van der Waals surface area contributed by atoms with E-state index in [0.717, 1.165) is 0 Å². The Hall–Kier alpha value is -1.99. The standard InChI is InChI=1S/C7H8F2N6/c1-15-5(2-4(14-15)6(8)9)12-7-10-3-11-13-7/h2-3,6H,1H3,(H2,10,11,12,13). The second-order valence-corrected chi connectivity index (χ2v) is 2.84. The summed E-state index contributed by atoms with van der Waals surface area (Å²) in [6, 6.07) is 1.26. The third-order valence-corrected chi connectivity index (χ3v) is 1.78. The Balaban J connectivity index is 2.21. The van der Waals surface area contributed by atoms with Gasteiger partial charge in [0.1, 0.15) is 17.8 Å². The zero-order valence-corrected chi connectivity index (χ0v) is 7.78. The molecule has 2 heterocycles. The lowest BCUT2D eigenvalue weighted by Gasteiger charge is -2.00. The lowest BCUT2D eigenvalue weighted by molar-refractivity contribution is 0.145. The second-order valence-electron chi connectivity index (χ2n) is 2.84. The van der Waals surface area contributed by atoms with Gasteiger partial charge in [0, 0.05) is 13.1 Å². The van der Waals surface area contributed by atoms with E-state index in [1.165, 1.54) is 17.1 Å². The number of rotatable bonds is 3. The quantitative estimate of drug-likeness (QED) is 0.805. The minimum Gasteiger partial charge on any atom is -0.309 e. The minimum absolute atomic E-state index is 0.278. The molecule has 0 amide bonds. The number of hydrogen-bond donors (Lipinski definition) is 2. The van der Waals surface area contributed by atoms with Crippen molar-refractivity contribution in [3.05, 3.63) is 18.1 Å².